The van der Waals surface area contributed by atoms with Crippen LogP contribution in [0.4, 0.5) is 0 Å². The molecule has 0 spiro atoms. The zero-order chi connectivity index (χ0) is 20.2. The SMILES string of the molecule is COc1ccc2c(Cc3c(Cl)cncc3Cl)nncc2c1OCc1ccccc1.Cl.Cl. The van der Waals surface area contributed by atoms with E-state index in [0.717, 1.165) is 27.6 Å². The molecule has 2 aromatic heterocycles. The number of aromatic nitrogens is 3. The van der Waals surface area contributed by atoms with Crippen molar-refractivity contribution in [2.24, 2.45) is 0 Å². The fourth-order valence-electron chi connectivity index (χ4n) is 3.11. The van der Waals surface area contributed by atoms with Gasteiger partial charge in [0.1, 0.15) is 6.61 Å². The third-order valence-corrected chi connectivity index (χ3v) is 5.23. The van der Waals surface area contributed by atoms with Crippen molar-refractivity contribution in [3.63, 3.8) is 0 Å². The topological polar surface area (TPSA) is 57.1 Å². The molecule has 0 aliphatic rings. The van der Waals surface area contributed by atoms with Crippen molar-refractivity contribution < 1.29 is 9.47 Å². The molecular formula is C22H19Cl4N3O2. The smallest absolute Gasteiger partial charge is 0.171 e. The summed E-state index contributed by atoms with van der Waals surface area (Å²) < 4.78 is 11.6. The van der Waals surface area contributed by atoms with E-state index in [1.807, 2.05) is 42.5 Å². The van der Waals surface area contributed by atoms with E-state index < -0.39 is 0 Å². The van der Waals surface area contributed by atoms with E-state index in [2.05, 4.69) is 15.2 Å². The van der Waals surface area contributed by atoms with Crippen LogP contribution in [-0.2, 0) is 13.0 Å². The number of pyridine rings is 1. The summed E-state index contributed by atoms with van der Waals surface area (Å²) >= 11 is 12.6. The van der Waals surface area contributed by atoms with Crippen molar-refractivity contribution in [2.75, 3.05) is 7.11 Å². The second kappa shape index (κ2) is 11.3. The van der Waals surface area contributed by atoms with E-state index in [-0.39, 0.29) is 24.8 Å². The molecular weight excluding hydrogens is 480 g/mol. The van der Waals surface area contributed by atoms with E-state index in [0.29, 0.717) is 34.6 Å². The first kappa shape index (κ1) is 25.0. The molecule has 0 fully saturated rings. The molecule has 2 aromatic carbocycles. The van der Waals surface area contributed by atoms with Gasteiger partial charge in [0, 0.05) is 29.6 Å². The molecule has 0 unspecified atom stereocenters. The van der Waals surface area contributed by atoms with Crippen LogP contribution in [0.5, 0.6) is 11.5 Å². The highest BCUT2D eigenvalue weighted by atomic mass is 35.5. The molecule has 2 heterocycles. The lowest BCUT2D eigenvalue weighted by molar-refractivity contribution is 0.288. The van der Waals surface area contributed by atoms with Crippen molar-refractivity contribution in [1.82, 2.24) is 15.2 Å². The number of ether oxygens (including phenoxy) is 2. The van der Waals surface area contributed by atoms with Crippen LogP contribution in [-0.4, -0.2) is 22.3 Å². The van der Waals surface area contributed by atoms with Gasteiger partial charge in [-0.25, -0.2) is 0 Å². The predicted octanol–water partition coefficient (Wildman–Crippen LogP) is 6.35. The molecule has 0 N–H and O–H groups in total. The zero-order valence-corrected chi connectivity index (χ0v) is 19.6. The Labute approximate surface area is 202 Å². The molecule has 9 heteroatoms. The molecule has 0 aliphatic carbocycles. The average molecular weight is 499 g/mol. The van der Waals surface area contributed by atoms with Gasteiger partial charge in [-0.3, -0.25) is 4.98 Å². The van der Waals surface area contributed by atoms with E-state index in [1.54, 1.807) is 25.7 Å². The lowest BCUT2D eigenvalue weighted by Gasteiger charge is -2.15. The van der Waals surface area contributed by atoms with E-state index in [1.165, 1.54) is 0 Å². The largest absolute Gasteiger partial charge is 0.493 e. The lowest BCUT2D eigenvalue weighted by Crippen LogP contribution is -2.02. The minimum Gasteiger partial charge on any atom is -0.493 e. The average Bonchev–Trinajstić information content (AvgIpc) is 2.75. The van der Waals surface area contributed by atoms with Gasteiger partial charge in [-0.15, -0.1) is 24.8 Å². The van der Waals surface area contributed by atoms with Crippen LogP contribution in [0, 0.1) is 0 Å². The maximum Gasteiger partial charge on any atom is 0.171 e. The highest BCUT2D eigenvalue weighted by molar-refractivity contribution is 6.35. The van der Waals surface area contributed by atoms with Crippen LogP contribution in [0.15, 0.2) is 61.1 Å². The van der Waals surface area contributed by atoms with Crippen LogP contribution in [0.3, 0.4) is 0 Å². The molecule has 5 nitrogen and oxygen atoms in total. The van der Waals surface area contributed by atoms with Crippen LogP contribution in [0.25, 0.3) is 10.8 Å². The van der Waals surface area contributed by atoms with E-state index in [4.69, 9.17) is 32.7 Å². The van der Waals surface area contributed by atoms with Crippen molar-refractivity contribution in [3.05, 3.63) is 87.9 Å². The van der Waals surface area contributed by atoms with Gasteiger partial charge >= 0.3 is 0 Å². The Morgan fingerprint density at radius 3 is 2.26 bits per heavy atom. The summed E-state index contributed by atoms with van der Waals surface area (Å²) in [6.07, 6.45) is 5.24. The number of nitrogens with zero attached hydrogens (tertiary/aromatic N) is 3. The number of benzene rings is 2. The quantitative estimate of drug-likeness (QED) is 0.310. The number of rotatable bonds is 6. The first-order chi connectivity index (χ1) is 14.2. The molecule has 4 aromatic rings. The van der Waals surface area contributed by atoms with Crippen LogP contribution >= 0.6 is 48.0 Å². The van der Waals surface area contributed by atoms with Crippen molar-refractivity contribution in [2.45, 2.75) is 13.0 Å². The maximum atomic E-state index is 6.29. The molecule has 0 saturated carbocycles. The Balaban J connectivity index is 0.00000171. The Morgan fingerprint density at radius 1 is 0.871 bits per heavy atom. The number of methoxy groups -OCH3 is 1. The van der Waals surface area contributed by atoms with Gasteiger partial charge in [0.2, 0.25) is 0 Å². The van der Waals surface area contributed by atoms with E-state index >= 15 is 0 Å². The second-order valence-electron chi connectivity index (χ2n) is 6.38. The summed E-state index contributed by atoms with van der Waals surface area (Å²) in [5.74, 6) is 1.25. The van der Waals surface area contributed by atoms with E-state index in [9.17, 15) is 0 Å². The highest BCUT2D eigenvalue weighted by Gasteiger charge is 2.16. The standard InChI is InChI=1S/C22H17Cl2N3O2.2ClH/c1-28-21-8-7-15-17(22(21)29-13-14-5-3-2-4-6-14)10-26-27-20(15)9-16-18(23)11-25-12-19(16)24;;/h2-8,10-12H,9,13H2,1H3;2*1H. The monoisotopic (exact) mass is 497 g/mol. The highest BCUT2D eigenvalue weighted by Crippen LogP contribution is 2.37. The lowest BCUT2D eigenvalue weighted by atomic mass is 10.0. The Bertz CT molecular complexity index is 1140. The first-order valence-corrected chi connectivity index (χ1v) is 9.69. The van der Waals surface area contributed by atoms with Crippen molar-refractivity contribution in [3.8, 4) is 11.5 Å². The summed E-state index contributed by atoms with van der Waals surface area (Å²) in [5.41, 5.74) is 2.56. The van der Waals surface area contributed by atoms with Gasteiger partial charge in [-0.1, -0.05) is 53.5 Å². The Kier molecular flexibility index (Phi) is 9.14. The molecule has 0 saturated heterocycles. The number of fused-ring (bicyclic) bond motifs is 1. The first-order valence-electron chi connectivity index (χ1n) is 8.93. The molecule has 31 heavy (non-hydrogen) atoms. The predicted molar refractivity (Wildman–Crippen MR) is 128 cm³/mol. The molecule has 0 radical (unpaired) electrons. The second-order valence-corrected chi connectivity index (χ2v) is 7.20. The molecule has 4 rings (SSSR count). The third kappa shape index (κ3) is 5.49. The summed E-state index contributed by atoms with van der Waals surface area (Å²) in [6, 6.07) is 13.8. The fraction of sp³-hybridized carbons (Fsp3) is 0.136. The minimum absolute atomic E-state index is 0. The molecule has 0 bridgehead atoms. The Morgan fingerprint density at radius 2 is 1.58 bits per heavy atom. The van der Waals surface area contributed by atoms with Crippen LogP contribution in [0.1, 0.15) is 16.8 Å². The molecule has 0 atom stereocenters. The summed E-state index contributed by atoms with van der Waals surface area (Å²) in [7, 11) is 1.61. The number of halogens is 4. The van der Waals surface area contributed by atoms with Gasteiger partial charge < -0.3 is 9.47 Å². The maximum absolute atomic E-state index is 6.29. The van der Waals surface area contributed by atoms with Gasteiger partial charge in [0.25, 0.3) is 0 Å². The molecule has 0 aliphatic heterocycles. The van der Waals surface area contributed by atoms with Crippen LogP contribution < -0.4 is 9.47 Å². The minimum atomic E-state index is 0. The van der Waals surface area contributed by atoms with Gasteiger partial charge in [0.05, 0.1) is 29.0 Å². The summed E-state index contributed by atoms with van der Waals surface area (Å²) in [4.78, 5) is 4.00. The van der Waals surface area contributed by atoms with Gasteiger partial charge in [-0.05, 0) is 23.3 Å². The molecule has 162 valence electrons. The number of hydrogen-bond donors (Lipinski definition) is 0. The molecule has 0 amide bonds. The summed E-state index contributed by atoms with van der Waals surface area (Å²) in [5, 5.41) is 11.2. The zero-order valence-electron chi connectivity index (χ0n) is 16.4. The van der Waals surface area contributed by atoms with Gasteiger partial charge in [-0.2, -0.15) is 10.2 Å². The third-order valence-electron chi connectivity index (χ3n) is 4.58. The normalized spacial score (nSPS) is 10.2. The van der Waals surface area contributed by atoms with Gasteiger partial charge in [0.15, 0.2) is 11.5 Å². The summed E-state index contributed by atoms with van der Waals surface area (Å²) in [6.45, 7) is 0.413. The van der Waals surface area contributed by atoms with Crippen LogP contribution in [0.2, 0.25) is 10.0 Å². The number of hydrogen-bond acceptors (Lipinski definition) is 5. The fourth-order valence-corrected chi connectivity index (χ4v) is 3.61. The van der Waals surface area contributed by atoms with Crippen molar-refractivity contribution >= 4 is 58.8 Å². The van der Waals surface area contributed by atoms with Crippen molar-refractivity contribution in [1.29, 1.82) is 0 Å². The Hall–Kier alpha value is -2.31.